The van der Waals surface area contributed by atoms with Crippen LogP contribution in [0, 0.1) is 5.82 Å². The number of hydrogen-bond donors (Lipinski definition) is 1. The first-order valence-electron chi connectivity index (χ1n) is 6.30. The quantitative estimate of drug-likeness (QED) is 0.910. The van der Waals surface area contributed by atoms with Crippen LogP contribution >= 0.6 is 11.6 Å². The fourth-order valence-electron chi connectivity index (χ4n) is 2.10. The normalized spacial score (nSPS) is 12.6. The van der Waals surface area contributed by atoms with E-state index in [2.05, 4.69) is 17.3 Å². The van der Waals surface area contributed by atoms with Gasteiger partial charge >= 0.3 is 0 Å². The molecular weight excluding hydrogens is 265 g/mol. The Bertz CT molecular complexity index is 553. The third-order valence-electron chi connectivity index (χ3n) is 3.00. The number of nitrogens with zero attached hydrogens (tertiary/aromatic N) is 2. The number of hydrogen-bond acceptors (Lipinski definition) is 2. The zero-order valence-corrected chi connectivity index (χ0v) is 11.8. The Hall–Kier alpha value is -1.39. The third kappa shape index (κ3) is 3.14. The summed E-state index contributed by atoms with van der Waals surface area (Å²) in [6.07, 6.45) is 4.86. The predicted molar refractivity (Wildman–Crippen MR) is 74.8 cm³/mol. The molecule has 0 radical (unpaired) electrons. The van der Waals surface area contributed by atoms with Crippen LogP contribution in [0.15, 0.2) is 30.6 Å². The Morgan fingerprint density at radius 3 is 2.84 bits per heavy atom. The van der Waals surface area contributed by atoms with E-state index in [1.165, 1.54) is 6.07 Å². The molecule has 1 unspecified atom stereocenters. The highest BCUT2D eigenvalue weighted by Crippen LogP contribution is 2.25. The summed E-state index contributed by atoms with van der Waals surface area (Å²) in [6.45, 7) is 3.00. The lowest BCUT2D eigenvalue weighted by atomic mass is 10.0. The first-order chi connectivity index (χ1) is 9.15. The number of rotatable bonds is 5. The minimum atomic E-state index is -0.401. The highest BCUT2D eigenvalue weighted by Gasteiger charge is 2.15. The number of halogens is 2. The molecule has 1 atom stereocenters. The van der Waals surface area contributed by atoms with E-state index in [9.17, 15) is 4.39 Å². The largest absolute Gasteiger partial charge is 0.309 e. The summed E-state index contributed by atoms with van der Waals surface area (Å²) in [4.78, 5) is 0. The lowest BCUT2D eigenvalue weighted by molar-refractivity contribution is 0.600. The van der Waals surface area contributed by atoms with E-state index >= 15 is 0 Å². The average Bonchev–Trinajstić information content (AvgIpc) is 2.83. The van der Waals surface area contributed by atoms with Crippen molar-refractivity contribution >= 4 is 11.6 Å². The molecule has 2 rings (SSSR count). The van der Waals surface area contributed by atoms with Crippen molar-refractivity contribution in [2.45, 2.75) is 25.9 Å². The minimum Gasteiger partial charge on any atom is -0.309 e. The zero-order valence-electron chi connectivity index (χ0n) is 11.0. The van der Waals surface area contributed by atoms with Crippen LogP contribution in [0.3, 0.4) is 0 Å². The van der Waals surface area contributed by atoms with Gasteiger partial charge < -0.3 is 5.32 Å². The topological polar surface area (TPSA) is 29.9 Å². The molecule has 0 aliphatic carbocycles. The SMILES string of the molecule is CCCn1cc(C(NC)c2ccc(F)c(Cl)c2)cn1. The van der Waals surface area contributed by atoms with Crippen LogP contribution < -0.4 is 5.32 Å². The van der Waals surface area contributed by atoms with Crippen LogP contribution in [0.25, 0.3) is 0 Å². The molecule has 0 amide bonds. The van der Waals surface area contributed by atoms with Crippen molar-refractivity contribution < 1.29 is 4.39 Å². The highest BCUT2D eigenvalue weighted by atomic mass is 35.5. The number of aromatic nitrogens is 2. The van der Waals surface area contributed by atoms with Gasteiger partial charge in [-0.05, 0) is 31.2 Å². The molecule has 0 aliphatic rings. The molecule has 0 fully saturated rings. The van der Waals surface area contributed by atoms with Crippen LogP contribution in [-0.4, -0.2) is 16.8 Å². The molecule has 0 spiro atoms. The van der Waals surface area contributed by atoms with Gasteiger partial charge in [0.1, 0.15) is 5.82 Å². The summed E-state index contributed by atoms with van der Waals surface area (Å²) in [7, 11) is 1.86. The van der Waals surface area contributed by atoms with Gasteiger partial charge in [0.25, 0.3) is 0 Å². The Kier molecular flexibility index (Phi) is 4.56. The van der Waals surface area contributed by atoms with Crippen LogP contribution in [0.2, 0.25) is 5.02 Å². The van der Waals surface area contributed by atoms with Crippen molar-refractivity contribution in [3.05, 3.63) is 52.6 Å². The van der Waals surface area contributed by atoms with Gasteiger partial charge in [-0.15, -0.1) is 0 Å². The lowest BCUT2D eigenvalue weighted by Crippen LogP contribution is -2.17. The van der Waals surface area contributed by atoms with Gasteiger partial charge in [-0.25, -0.2) is 4.39 Å². The van der Waals surface area contributed by atoms with Crippen LogP contribution in [0.4, 0.5) is 4.39 Å². The zero-order chi connectivity index (χ0) is 13.8. The van der Waals surface area contributed by atoms with Crippen molar-refractivity contribution in [2.75, 3.05) is 7.05 Å². The summed E-state index contributed by atoms with van der Waals surface area (Å²) in [5, 5.41) is 7.65. The minimum absolute atomic E-state index is 0.0382. The van der Waals surface area contributed by atoms with Gasteiger partial charge in [0.15, 0.2) is 0 Å². The molecule has 2 aromatic rings. The van der Waals surface area contributed by atoms with Crippen LogP contribution in [0.1, 0.15) is 30.5 Å². The molecule has 0 bridgehead atoms. The smallest absolute Gasteiger partial charge is 0.141 e. The van der Waals surface area contributed by atoms with E-state index in [4.69, 9.17) is 11.6 Å². The Morgan fingerprint density at radius 1 is 1.42 bits per heavy atom. The van der Waals surface area contributed by atoms with E-state index in [0.29, 0.717) is 0 Å². The molecule has 1 aromatic carbocycles. The maximum absolute atomic E-state index is 13.2. The first kappa shape index (κ1) is 14.0. The standard InChI is InChI=1S/C14H17ClFN3/c1-3-6-19-9-11(8-18-19)14(17-2)10-4-5-13(16)12(15)7-10/h4-5,7-9,14,17H,3,6H2,1-2H3. The molecule has 0 aliphatic heterocycles. The summed E-state index contributed by atoms with van der Waals surface area (Å²) in [6, 6.07) is 4.73. The van der Waals surface area contributed by atoms with E-state index in [0.717, 1.165) is 24.1 Å². The molecule has 0 saturated carbocycles. The lowest BCUT2D eigenvalue weighted by Gasteiger charge is -2.15. The molecule has 0 saturated heterocycles. The van der Waals surface area contributed by atoms with Crippen LogP contribution in [0.5, 0.6) is 0 Å². The number of aryl methyl sites for hydroxylation is 1. The van der Waals surface area contributed by atoms with Crippen molar-refractivity contribution in [3.63, 3.8) is 0 Å². The fraction of sp³-hybridized carbons (Fsp3) is 0.357. The summed E-state index contributed by atoms with van der Waals surface area (Å²) in [5.74, 6) is -0.401. The predicted octanol–water partition coefficient (Wildman–Crippen LogP) is 3.39. The van der Waals surface area contributed by atoms with Gasteiger partial charge in [-0.1, -0.05) is 24.6 Å². The molecule has 3 nitrogen and oxygen atoms in total. The Balaban J connectivity index is 2.29. The fourth-order valence-corrected chi connectivity index (χ4v) is 2.29. The van der Waals surface area contributed by atoms with Crippen molar-refractivity contribution in [1.82, 2.24) is 15.1 Å². The molecule has 5 heteroatoms. The van der Waals surface area contributed by atoms with E-state index in [1.54, 1.807) is 12.1 Å². The monoisotopic (exact) mass is 281 g/mol. The second-order valence-corrected chi connectivity index (χ2v) is 4.84. The first-order valence-corrected chi connectivity index (χ1v) is 6.68. The van der Waals surface area contributed by atoms with E-state index in [-0.39, 0.29) is 11.1 Å². The molecule has 1 aromatic heterocycles. The average molecular weight is 282 g/mol. The summed E-state index contributed by atoms with van der Waals surface area (Å²) < 4.78 is 15.1. The third-order valence-corrected chi connectivity index (χ3v) is 3.29. The summed E-state index contributed by atoms with van der Waals surface area (Å²) in [5.41, 5.74) is 1.96. The molecule has 1 heterocycles. The highest BCUT2D eigenvalue weighted by molar-refractivity contribution is 6.30. The van der Waals surface area contributed by atoms with Crippen molar-refractivity contribution in [3.8, 4) is 0 Å². The van der Waals surface area contributed by atoms with Gasteiger partial charge in [0.2, 0.25) is 0 Å². The second kappa shape index (κ2) is 6.17. The Morgan fingerprint density at radius 2 is 2.21 bits per heavy atom. The van der Waals surface area contributed by atoms with Gasteiger partial charge in [0.05, 0.1) is 17.3 Å². The molecule has 1 N–H and O–H groups in total. The number of nitrogens with one attached hydrogen (secondary N) is 1. The van der Waals surface area contributed by atoms with E-state index < -0.39 is 5.82 Å². The molecule has 102 valence electrons. The number of benzene rings is 1. The van der Waals surface area contributed by atoms with E-state index in [1.807, 2.05) is 24.1 Å². The second-order valence-electron chi connectivity index (χ2n) is 4.43. The molecule has 19 heavy (non-hydrogen) atoms. The van der Waals surface area contributed by atoms with Crippen molar-refractivity contribution in [1.29, 1.82) is 0 Å². The van der Waals surface area contributed by atoms with Gasteiger partial charge in [-0.3, -0.25) is 4.68 Å². The van der Waals surface area contributed by atoms with Gasteiger partial charge in [0, 0.05) is 18.3 Å². The summed E-state index contributed by atoms with van der Waals surface area (Å²) >= 11 is 5.83. The Labute approximate surface area is 117 Å². The molecular formula is C14H17ClFN3. The van der Waals surface area contributed by atoms with Crippen LogP contribution in [-0.2, 0) is 6.54 Å². The maximum atomic E-state index is 13.2. The van der Waals surface area contributed by atoms with Gasteiger partial charge in [-0.2, -0.15) is 5.10 Å². The maximum Gasteiger partial charge on any atom is 0.141 e. The van der Waals surface area contributed by atoms with Crippen molar-refractivity contribution in [2.24, 2.45) is 0 Å².